The predicted octanol–water partition coefficient (Wildman–Crippen LogP) is 3.11. The van der Waals surface area contributed by atoms with Crippen LogP contribution in [0.3, 0.4) is 0 Å². The van der Waals surface area contributed by atoms with Gasteiger partial charge in [-0.15, -0.1) is 0 Å². The fourth-order valence-electron chi connectivity index (χ4n) is 3.97. The maximum Gasteiger partial charge on any atom is 0.120 e. The molecular weight excluding hydrogens is 274 g/mol. The van der Waals surface area contributed by atoms with Crippen molar-refractivity contribution in [2.45, 2.75) is 50.1 Å². The third kappa shape index (κ3) is 2.40. The number of pyridine rings is 1. The average Bonchev–Trinajstić information content (AvgIpc) is 2.77. The molecule has 1 aromatic heterocycles. The smallest absolute Gasteiger partial charge is 0.120 e. The highest BCUT2D eigenvalue weighted by Crippen LogP contribution is 2.46. The minimum absolute atomic E-state index is 0.423. The lowest BCUT2D eigenvalue weighted by Crippen LogP contribution is -2.47. The molecule has 2 aliphatic heterocycles. The number of nitriles is 1. The molecule has 2 bridgehead atoms. The van der Waals surface area contributed by atoms with E-state index in [-0.39, 0.29) is 0 Å². The second-order valence-corrected chi connectivity index (χ2v) is 6.47. The van der Waals surface area contributed by atoms with Crippen LogP contribution >= 0.6 is 0 Å². The van der Waals surface area contributed by atoms with E-state index in [4.69, 9.17) is 4.74 Å². The Morgan fingerprint density at radius 1 is 1.45 bits per heavy atom. The topological polar surface area (TPSA) is 49.1 Å². The highest BCUT2D eigenvalue weighted by Gasteiger charge is 2.48. The number of piperidine rings is 1. The second-order valence-electron chi connectivity index (χ2n) is 6.47. The molecule has 0 amide bonds. The largest absolute Gasteiger partial charge is 0.494 e. The van der Waals surface area contributed by atoms with Crippen molar-refractivity contribution in [3.63, 3.8) is 0 Å². The highest BCUT2D eigenvalue weighted by molar-refractivity contribution is 5.58. The summed E-state index contributed by atoms with van der Waals surface area (Å²) in [6.45, 7) is 6.47. The van der Waals surface area contributed by atoms with Crippen LogP contribution in [0.15, 0.2) is 25.0 Å². The molecule has 0 N–H and O–H groups in total. The molecule has 0 aromatic carbocycles. The molecule has 0 spiro atoms. The molecule has 3 heterocycles. The molecule has 4 heteroatoms. The summed E-state index contributed by atoms with van der Waals surface area (Å²) in [7, 11) is 2.19. The number of fused-ring (bicyclic) bond motifs is 2. The summed E-state index contributed by atoms with van der Waals surface area (Å²) in [6, 6.07) is 5.68. The van der Waals surface area contributed by atoms with Gasteiger partial charge < -0.3 is 9.64 Å². The van der Waals surface area contributed by atoms with Crippen molar-refractivity contribution in [1.29, 1.82) is 5.26 Å². The number of hydrogen-bond acceptors (Lipinski definition) is 4. The molecule has 22 heavy (non-hydrogen) atoms. The van der Waals surface area contributed by atoms with Gasteiger partial charge in [0.05, 0.1) is 18.1 Å². The van der Waals surface area contributed by atoms with Crippen LogP contribution in [0, 0.1) is 11.3 Å². The zero-order valence-corrected chi connectivity index (χ0v) is 13.4. The minimum Gasteiger partial charge on any atom is -0.494 e. The van der Waals surface area contributed by atoms with Crippen LogP contribution in [-0.4, -0.2) is 35.6 Å². The zero-order chi connectivity index (χ0) is 15.7. The molecule has 2 aliphatic rings. The fourth-order valence-corrected chi connectivity index (χ4v) is 3.97. The maximum absolute atomic E-state index is 9.93. The van der Waals surface area contributed by atoms with Crippen molar-refractivity contribution in [1.82, 2.24) is 9.88 Å². The molecular formula is C18H23N3O. The van der Waals surface area contributed by atoms with Crippen molar-refractivity contribution in [3.8, 4) is 6.07 Å². The van der Waals surface area contributed by atoms with Crippen molar-refractivity contribution < 1.29 is 4.74 Å². The van der Waals surface area contributed by atoms with E-state index in [9.17, 15) is 5.26 Å². The van der Waals surface area contributed by atoms with E-state index in [2.05, 4.69) is 29.6 Å². The molecule has 2 fully saturated rings. The van der Waals surface area contributed by atoms with Gasteiger partial charge in [-0.1, -0.05) is 6.58 Å². The third-order valence-corrected chi connectivity index (χ3v) is 5.30. The fraction of sp³-hybridized carbons (Fsp3) is 0.556. The first-order chi connectivity index (χ1) is 10.6. The summed E-state index contributed by atoms with van der Waals surface area (Å²) in [5, 5.41) is 9.93. The van der Waals surface area contributed by atoms with Crippen molar-refractivity contribution >= 4 is 5.76 Å². The molecule has 2 atom stereocenters. The normalized spacial score (nSPS) is 30.8. The molecule has 0 aliphatic carbocycles. The van der Waals surface area contributed by atoms with E-state index in [1.54, 1.807) is 6.20 Å². The van der Waals surface area contributed by atoms with Crippen LogP contribution in [0.4, 0.5) is 0 Å². The van der Waals surface area contributed by atoms with Crippen molar-refractivity contribution in [2.75, 3.05) is 13.7 Å². The number of rotatable bonds is 4. The predicted molar refractivity (Wildman–Crippen MR) is 86.0 cm³/mol. The second kappa shape index (κ2) is 5.73. The molecule has 116 valence electrons. The van der Waals surface area contributed by atoms with E-state index < -0.39 is 5.41 Å². The quantitative estimate of drug-likeness (QED) is 0.801. The van der Waals surface area contributed by atoms with Gasteiger partial charge in [-0.2, -0.15) is 5.26 Å². The monoisotopic (exact) mass is 297 g/mol. The summed E-state index contributed by atoms with van der Waals surface area (Å²) in [5.41, 5.74) is 1.46. The molecule has 1 aromatic rings. The van der Waals surface area contributed by atoms with E-state index in [0.717, 1.165) is 24.0 Å². The number of nitrogens with zero attached hydrogens (tertiary/aromatic N) is 3. The molecule has 2 unspecified atom stereocenters. The SMILES string of the molecule is C=C(OCC)c1cncc(C2(C#N)CC3CCC(C2)N3C)c1. The Bertz CT molecular complexity index is 605. The van der Waals surface area contributed by atoms with Crippen LogP contribution in [0.25, 0.3) is 5.76 Å². The first-order valence-electron chi connectivity index (χ1n) is 8.00. The van der Waals surface area contributed by atoms with Crippen molar-refractivity contribution in [2.24, 2.45) is 0 Å². The van der Waals surface area contributed by atoms with Crippen LogP contribution in [0.1, 0.15) is 43.7 Å². The highest BCUT2D eigenvalue weighted by atomic mass is 16.5. The summed E-state index contributed by atoms with van der Waals surface area (Å²) < 4.78 is 5.48. The Hall–Kier alpha value is -1.86. The van der Waals surface area contributed by atoms with Gasteiger partial charge in [0.1, 0.15) is 5.76 Å². The first-order valence-corrected chi connectivity index (χ1v) is 8.00. The van der Waals surface area contributed by atoms with Crippen LogP contribution < -0.4 is 0 Å². The average molecular weight is 297 g/mol. The molecule has 0 saturated carbocycles. The van der Waals surface area contributed by atoms with Crippen molar-refractivity contribution in [3.05, 3.63) is 36.2 Å². The van der Waals surface area contributed by atoms with E-state index in [0.29, 0.717) is 24.4 Å². The first kappa shape index (κ1) is 15.1. The number of hydrogen-bond donors (Lipinski definition) is 0. The van der Waals surface area contributed by atoms with E-state index >= 15 is 0 Å². The Labute approximate surface area is 132 Å². The van der Waals surface area contributed by atoms with Gasteiger partial charge in [0.25, 0.3) is 0 Å². The Kier molecular flexibility index (Phi) is 3.92. The lowest BCUT2D eigenvalue weighted by Gasteiger charge is -2.41. The summed E-state index contributed by atoms with van der Waals surface area (Å²) >= 11 is 0. The molecule has 3 rings (SSSR count). The van der Waals surface area contributed by atoms with E-state index in [1.165, 1.54) is 12.8 Å². The van der Waals surface area contributed by atoms with E-state index in [1.807, 2.05) is 19.2 Å². The number of ether oxygens (including phenoxy) is 1. The Balaban J connectivity index is 1.94. The number of aromatic nitrogens is 1. The summed E-state index contributed by atoms with van der Waals surface area (Å²) in [4.78, 5) is 6.79. The Morgan fingerprint density at radius 3 is 2.73 bits per heavy atom. The van der Waals surface area contributed by atoms with Gasteiger partial charge in [0.15, 0.2) is 0 Å². The van der Waals surface area contributed by atoms with Crippen LogP contribution in [0.5, 0.6) is 0 Å². The maximum atomic E-state index is 9.93. The van der Waals surface area contributed by atoms with Crippen LogP contribution in [0.2, 0.25) is 0 Å². The van der Waals surface area contributed by atoms with Gasteiger partial charge in [-0.05, 0) is 51.3 Å². The zero-order valence-electron chi connectivity index (χ0n) is 13.4. The summed E-state index contributed by atoms with van der Waals surface area (Å²) in [5.74, 6) is 0.626. The molecule has 0 radical (unpaired) electrons. The van der Waals surface area contributed by atoms with Gasteiger partial charge >= 0.3 is 0 Å². The molecule has 2 saturated heterocycles. The lowest BCUT2D eigenvalue weighted by atomic mass is 9.71. The van der Waals surface area contributed by atoms with Gasteiger partial charge in [0, 0.05) is 30.0 Å². The lowest BCUT2D eigenvalue weighted by molar-refractivity contribution is 0.135. The molecule has 4 nitrogen and oxygen atoms in total. The van der Waals surface area contributed by atoms with Gasteiger partial charge in [-0.25, -0.2) is 0 Å². The summed E-state index contributed by atoms with van der Waals surface area (Å²) in [6.07, 6.45) is 7.78. The van der Waals surface area contributed by atoms with Gasteiger partial charge in [-0.3, -0.25) is 4.98 Å². The third-order valence-electron chi connectivity index (χ3n) is 5.30. The minimum atomic E-state index is -0.423. The standard InChI is InChI=1S/C18H23N3O/c1-4-22-13(2)14-7-15(11-20-10-14)18(12-19)8-16-5-6-17(9-18)21(16)3/h7,10-11,16-17H,2,4-6,8-9H2,1,3H3. The van der Waals surface area contributed by atoms with Gasteiger partial charge in [0.2, 0.25) is 0 Å². The Morgan fingerprint density at radius 2 is 2.14 bits per heavy atom. The van der Waals surface area contributed by atoms with Crippen LogP contribution in [-0.2, 0) is 10.2 Å².